The standard InChI is InChI=1S/C19H18FNO.CH4O/c1-13-3-5-14(6-4-13)17-11-12-18(21-19(17)20)15-7-9-16(22-2)10-8-15;1-2/h3-12,18,21H,1-2H3;2H,1H3. The van der Waals surface area contributed by atoms with Gasteiger partial charge in [0.15, 0.2) is 5.95 Å². The molecule has 0 aromatic heterocycles. The lowest BCUT2D eigenvalue weighted by Crippen LogP contribution is -2.20. The third-order valence-corrected chi connectivity index (χ3v) is 3.81. The van der Waals surface area contributed by atoms with E-state index in [0.717, 1.165) is 29.5 Å². The number of rotatable bonds is 3. The molecule has 0 saturated carbocycles. The van der Waals surface area contributed by atoms with Crippen LogP contribution in [0.3, 0.4) is 0 Å². The molecule has 0 fully saturated rings. The smallest absolute Gasteiger partial charge is 0.195 e. The Hall–Kier alpha value is -2.59. The Bertz CT molecular complexity index is 718. The highest BCUT2D eigenvalue weighted by Gasteiger charge is 2.17. The maximum absolute atomic E-state index is 14.4. The van der Waals surface area contributed by atoms with Gasteiger partial charge in [0.2, 0.25) is 0 Å². The first-order chi connectivity index (χ1) is 11.7. The average molecular weight is 327 g/mol. The Morgan fingerprint density at radius 3 is 2.17 bits per heavy atom. The number of hydrogen-bond acceptors (Lipinski definition) is 3. The van der Waals surface area contributed by atoms with Gasteiger partial charge in [0.1, 0.15) is 5.75 Å². The number of methoxy groups -OCH3 is 1. The molecule has 1 unspecified atom stereocenters. The highest BCUT2D eigenvalue weighted by Crippen LogP contribution is 2.29. The van der Waals surface area contributed by atoms with Gasteiger partial charge in [-0.1, -0.05) is 54.1 Å². The van der Waals surface area contributed by atoms with Crippen molar-refractivity contribution < 1.29 is 14.2 Å². The quantitative estimate of drug-likeness (QED) is 0.832. The van der Waals surface area contributed by atoms with Crippen molar-refractivity contribution in [1.29, 1.82) is 0 Å². The summed E-state index contributed by atoms with van der Waals surface area (Å²) in [4.78, 5) is 0. The van der Waals surface area contributed by atoms with Crippen LogP contribution in [0.4, 0.5) is 4.39 Å². The minimum absolute atomic E-state index is 0.167. The highest BCUT2D eigenvalue weighted by atomic mass is 19.1. The van der Waals surface area contributed by atoms with Crippen LogP contribution in [0.1, 0.15) is 22.7 Å². The van der Waals surface area contributed by atoms with Gasteiger partial charge in [0.25, 0.3) is 0 Å². The number of nitrogens with one attached hydrogen (secondary N) is 1. The van der Waals surface area contributed by atoms with Gasteiger partial charge >= 0.3 is 0 Å². The molecule has 1 heterocycles. The Morgan fingerprint density at radius 2 is 1.62 bits per heavy atom. The minimum atomic E-state index is -0.299. The molecule has 0 amide bonds. The first-order valence-electron chi connectivity index (χ1n) is 7.67. The van der Waals surface area contributed by atoms with Gasteiger partial charge in [0.05, 0.1) is 13.2 Å². The topological polar surface area (TPSA) is 41.5 Å². The van der Waals surface area contributed by atoms with Gasteiger partial charge < -0.3 is 15.2 Å². The molecule has 0 saturated heterocycles. The molecule has 0 radical (unpaired) electrons. The SMILES string of the molecule is CO.COc1ccc(C2C=CC(c3ccc(C)cc3)=C(F)N2)cc1. The maximum Gasteiger partial charge on any atom is 0.195 e. The molecule has 126 valence electrons. The van der Waals surface area contributed by atoms with Crippen LogP contribution >= 0.6 is 0 Å². The Balaban J connectivity index is 0.00000100. The van der Waals surface area contributed by atoms with E-state index in [2.05, 4.69) is 5.32 Å². The van der Waals surface area contributed by atoms with Crippen LogP contribution in [0.5, 0.6) is 5.75 Å². The summed E-state index contributed by atoms with van der Waals surface area (Å²) in [5.74, 6) is 0.493. The Kier molecular flexibility index (Phi) is 6.15. The fraction of sp³-hybridized carbons (Fsp3) is 0.200. The molecular weight excluding hydrogens is 305 g/mol. The summed E-state index contributed by atoms with van der Waals surface area (Å²) in [5, 5.41) is 9.92. The largest absolute Gasteiger partial charge is 0.497 e. The molecule has 2 N–H and O–H groups in total. The number of aryl methyl sites for hydroxylation is 1. The van der Waals surface area contributed by atoms with E-state index in [0.29, 0.717) is 5.57 Å². The fourth-order valence-corrected chi connectivity index (χ4v) is 2.49. The second-order valence-corrected chi connectivity index (χ2v) is 5.35. The molecule has 24 heavy (non-hydrogen) atoms. The first kappa shape index (κ1) is 17.8. The van der Waals surface area contributed by atoms with Crippen molar-refractivity contribution in [2.45, 2.75) is 13.0 Å². The zero-order valence-electron chi connectivity index (χ0n) is 14.1. The first-order valence-corrected chi connectivity index (χ1v) is 7.67. The summed E-state index contributed by atoms with van der Waals surface area (Å²) in [6, 6.07) is 15.3. The van der Waals surface area contributed by atoms with E-state index in [9.17, 15) is 4.39 Å². The average Bonchev–Trinajstić information content (AvgIpc) is 2.64. The second kappa shape index (κ2) is 8.31. The van der Waals surface area contributed by atoms with E-state index in [1.807, 2.05) is 67.6 Å². The van der Waals surface area contributed by atoms with E-state index in [1.165, 1.54) is 0 Å². The predicted molar refractivity (Wildman–Crippen MR) is 95.4 cm³/mol. The maximum atomic E-state index is 14.4. The van der Waals surface area contributed by atoms with Crippen molar-refractivity contribution in [3.63, 3.8) is 0 Å². The zero-order chi connectivity index (χ0) is 17.5. The van der Waals surface area contributed by atoms with Crippen LogP contribution in [-0.4, -0.2) is 19.3 Å². The third-order valence-electron chi connectivity index (χ3n) is 3.81. The van der Waals surface area contributed by atoms with Gasteiger partial charge in [-0.3, -0.25) is 0 Å². The normalized spacial score (nSPS) is 16.1. The predicted octanol–water partition coefficient (Wildman–Crippen LogP) is 4.15. The van der Waals surface area contributed by atoms with Crippen LogP contribution in [-0.2, 0) is 0 Å². The third kappa shape index (κ3) is 4.03. The molecule has 2 aromatic rings. The van der Waals surface area contributed by atoms with E-state index in [-0.39, 0.29) is 12.0 Å². The molecule has 0 bridgehead atoms. The van der Waals surface area contributed by atoms with E-state index in [4.69, 9.17) is 9.84 Å². The van der Waals surface area contributed by atoms with Gasteiger partial charge in [-0.2, -0.15) is 4.39 Å². The van der Waals surface area contributed by atoms with Crippen molar-refractivity contribution >= 4 is 5.57 Å². The van der Waals surface area contributed by atoms with Gasteiger partial charge in [-0.25, -0.2) is 0 Å². The van der Waals surface area contributed by atoms with Crippen LogP contribution in [0, 0.1) is 6.92 Å². The van der Waals surface area contributed by atoms with Gasteiger partial charge in [0, 0.05) is 12.7 Å². The lowest BCUT2D eigenvalue weighted by Gasteiger charge is -2.21. The molecule has 1 aliphatic heterocycles. The van der Waals surface area contributed by atoms with Crippen LogP contribution in [0.25, 0.3) is 5.57 Å². The number of benzene rings is 2. The van der Waals surface area contributed by atoms with E-state index < -0.39 is 0 Å². The van der Waals surface area contributed by atoms with Crippen molar-refractivity contribution in [3.05, 3.63) is 83.3 Å². The van der Waals surface area contributed by atoms with Crippen LogP contribution in [0.15, 0.2) is 66.6 Å². The lowest BCUT2D eigenvalue weighted by atomic mass is 9.98. The molecular formula is C20H22FNO2. The second-order valence-electron chi connectivity index (χ2n) is 5.35. The monoisotopic (exact) mass is 327 g/mol. The van der Waals surface area contributed by atoms with Crippen molar-refractivity contribution in [1.82, 2.24) is 5.32 Å². The summed E-state index contributed by atoms with van der Waals surface area (Å²) in [7, 11) is 2.63. The molecule has 1 aliphatic rings. The van der Waals surface area contributed by atoms with Crippen molar-refractivity contribution in [2.75, 3.05) is 14.2 Å². The number of halogens is 1. The molecule has 3 rings (SSSR count). The number of aliphatic hydroxyl groups excluding tert-OH is 1. The van der Waals surface area contributed by atoms with E-state index >= 15 is 0 Å². The number of allylic oxidation sites excluding steroid dienone is 2. The summed E-state index contributed by atoms with van der Waals surface area (Å²) >= 11 is 0. The molecule has 0 aliphatic carbocycles. The van der Waals surface area contributed by atoms with Crippen LogP contribution in [0.2, 0.25) is 0 Å². The van der Waals surface area contributed by atoms with Gasteiger partial charge in [-0.15, -0.1) is 0 Å². The summed E-state index contributed by atoms with van der Waals surface area (Å²) in [6.45, 7) is 2.02. The number of dihydropyridines is 1. The zero-order valence-corrected chi connectivity index (χ0v) is 14.1. The molecule has 1 atom stereocenters. The lowest BCUT2D eigenvalue weighted by molar-refractivity contribution is 0.399. The van der Waals surface area contributed by atoms with Crippen molar-refractivity contribution in [2.24, 2.45) is 0 Å². The number of hydrogen-bond donors (Lipinski definition) is 2. The summed E-state index contributed by atoms with van der Waals surface area (Å²) in [6.07, 6.45) is 3.81. The highest BCUT2D eigenvalue weighted by molar-refractivity contribution is 5.76. The van der Waals surface area contributed by atoms with E-state index in [1.54, 1.807) is 7.11 Å². The number of aliphatic hydroxyl groups is 1. The molecule has 0 spiro atoms. The minimum Gasteiger partial charge on any atom is -0.497 e. The summed E-state index contributed by atoms with van der Waals surface area (Å²) in [5.41, 5.74) is 3.62. The van der Waals surface area contributed by atoms with Gasteiger partial charge in [-0.05, 0) is 30.2 Å². The number of ether oxygens (including phenoxy) is 1. The molecule has 3 nitrogen and oxygen atoms in total. The van der Waals surface area contributed by atoms with Crippen LogP contribution < -0.4 is 10.1 Å². The molecule has 4 heteroatoms. The molecule has 2 aromatic carbocycles. The summed E-state index contributed by atoms with van der Waals surface area (Å²) < 4.78 is 19.5. The Labute approximate surface area is 142 Å². The van der Waals surface area contributed by atoms with Crippen molar-refractivity contribution in [3.8, 4) is 5.75 Å². The fourth-order valence-electron chi connectivity index (χ4n) is 2.49. The Morgan fingerprint density at radius 1 is 1.00 bits per heavy atom.